The number of nitrogens with zero attached hydrogens (tertiary/aromatic N) is 1. The van der Waals surface area contributed by atoms with Crippen LogP contribution in [0.25, 0.3) is 22.2 Å². The molecule has 2 heterocycles. The number of thiophene rings is 1. The number of ether oxygens (including phenoxy) is 3. The number of aromatic nitrogens is 1. The first-order valence-corrected chi connectivity index (χ1v) is 11.0. The third kappa shape index (κ3) is 4.22. The Kier molecular flexibility index (Phi) is 6.39. The molecule has 1 N–H and O–H groups in total. The average Bonchev–Trinajstić information content (AvgIpc) is 3.36. The van der Waals surface area contributed by atoms with Gasteiger partial charge in [-0.05, 0) is 30.0 Å². The first-order chi connectivity index (χ1) is 15.2. The molecule has 4 aromatic rings. The smallest absolute Gasteiger partial charge is 0.204 e. The van der Waals surface area contributed by atoms with Crippen LogP contribution in [0.3, 0.4) is 0 Å². The third-order valence-corrected chi connectivity index (χ3v) is 6.37. The van der Waals surface area contributed by atoms with E-state index >= 15 is 0 Å². The SMILES string of the molecule is COc1cc2nc(-c3ccccc3)c(CNC(C)c3cccs3)cc2c(OC)c1OC. The van der Waals surface area contributed by atoms with Gasteiger partial charge in [0.25, 0.3) is 0 Å². The van der Waals surface area contributed by atoms with Gasteiger partial charge in [-0.15, -0.1) is 11.3 Å². The molecule has 4 rings (SSSR count). The lowest BCUT2D eigenvalue weighted by Crippen LogP contribution is -2.18. The standard InChI is InChI=1S/C25H26N2O3S/c1-16(22-11-8-12-31-22)26-15-18-13-19-20(27-23(18)17-9-6-5-7-10-17)14-21(28-2)25(30-4)24(19)29-3/h5-14,16,26H,15H2,1-4H3. The van der Waals surface area contributed by atoms with E-state index in [4.69, 9.17) is 19.2 Å². The number of methoxy groups -OCH3 is 3. The van der Waals surface area contributed by atoms with Crippen molar-refractivity contribution >= 4 is 22.2 Å². The lowest BCUT2D eigenvalue weighted by molar-refractivity contribution is 0.327. The van der Waals surface area contributed by atoms with Gasteiger partial charge in [0.2, 0.25) is 5.75 Å². The van der Waals surface area contributed by atoms with Gasteiger partial charge in [0, 0.05) is 34.5 Å². The van der Waals surface area contributed by atoms with E-state index < -0.39 is 0 Å². The summed E-state index contributed by atoms with van der Waals surface area (Å²) in [5, 5.41) is 6.63. The summed E-state index contributed by atoms with van der Waals surface area (Å²) in [5.74, 6) is 1.78. The zero-order chi connectivity index (χ0) is 21.8. The second kappa shape index (κ2) is 9.37. The number of rotatable bonds is 8. The van der Waals surface area contributed by atoms with Gasteiger partial charge in [-0.1, -0.05) is 36.4 Å². The van der Waals surface area contributed by atoms with Crippen LogP contribution >= 0.6 is 11.3 Å². The third-order valence-electron chi connectivity index (χ3n) is 5.32. The van der Waals surface area contributed by atoms with Crippen molar-refractivity contribution in [3.8, 4) is 28.5 Å². The largest absolute Gasteiger partial charge is 0.493 e. The average molecular weight is 435 g/mol. The first kappa shape index (κ1) is 21.2. The molecule has 0 spiro atoms. The van der Waals surface area contributed by atoms with Crippen LogP contribution in [0.2, 0.25) is 0 Å². The zero-order valence-electron chi connectivity index (χ0n) is 18.1. The molecule has 5 nitrogen and oxygen atoms in total. The second-order valence-electron chi connectivity index (χ2n) is 7.19. The number of nitrogens with one attached hydrogen (secondary N) is 1. The van der Waals surface area contributed by atoms with Gasteiger partial charge in [0.05, 0.1) is 32.5 Å². The van der Waals surface area contributed by atoms with E-state index in [1.807, 2.05) is 24.3 Å². The summed E-state index contributed by atoms with van der Waals surface area (Å²) < 4.78 is 16.8. The summed E-state index contributed by atoms with van der Waals surface area (Å²) in [6.45, 7) is 2.85. The molecule has 1 atom stereocenters. The summed E-state index contributed by atoms with van der Waals surface area (Å²) in [5.41, 5.74) is 3.89. The molecule has 0 bridgehead atoms. The van der Waals surface area contributed by atoms with E-state index in [0.29, 0.717) is 23.8 Å². The van der Waals surface area contributed by atoms with Crippen LogP contribution in [0.1, 0.15) is 23.4 Å². The minimum Gasteiger partial charge on any atom is -0.493 e. The van der Waals surface area contributed by atoms with Gasteiger partial charge >= 0.3 is 0 Å². The molecular formula is C25H26N2O3S. The highest BCUT2D eigenvalue weighted by Gasteiger charge is 2.20. The van der Waals surface area contributed by atoms with Crippen molar-refractivity contribution < 1.29 is 14.2 Å². The molecule has 31 heavy (non-hydrogen) atoms. The Hall–Kier alpha value is -3.09. The van der Waals surface area contributed by atoms with Gasteiger partial charge in [-0.2, -0.15) is 0 Å². The van der Waals surface area contributed by atoms with Crippen LogP contribution in [0.15, 0.2) is 60.0 Å². The summed E-state index contributed by atoms with van der Waals surface area (Å²) in [7, 11) is 4.87. The Balaban J connectivity index is 1.85. The Morgan fingerprint density at radius 3 is 2.35 bits per heavy atom. The van der Waals surface area contributed by atoms with Crippen molar-refractivity contribution in [2.75, 3.05) is 21.3 Å². The first-order valence-electron chi connectivity index (χ1n) is 10.1. The topological polar surface area (TPSA) is 52.6 Å². The van der Waals surface area contributed by atoms with Crippen LogP contribution in [0, 0.1) is 0 Å². The Morgan fingerprint density at radius 1 is 0.935 bits per heavy atom. The van der Waals surface area contributed by atoms with E-state index in [1.54, 1.807) is 32.7 Å². The van der Waals surface area contributed by atoms with Crippen LogP contribution < -0.4 is 19.5 Å². The quantitative estimate of drug-likeness (QED) is 0.378. The van der Waals surface area contributed by atoms with Crippen molar-refractivity contribution in [3.05, 3.63) is 70.4 Å². The maximum atomic E-state index is 5.71. The van der Waals surface area contributed by atoms with E-state index in [1.165, 1.54) is 4.88 Å². The number of hydrogen-bond acceptors (Lipinski definition) is 6. The number of hydrogen-bond donors (Lipinski definition) is 1. The summed E-state index contributed by atoms with van der Waals surface area (Å²) in [4.78, 5) is 6.33. The van der Waals surface area contributed by atoms with Crippen molar-refractivity contribution in [2.24, 2.45) is 0 Å². The highest BCUT2D eigenvalue weighted by molar-refractivity contribution is 7.10. The molecule has 0 radical (unpaired) electrons. The normalized spacial score (nSPS) is 12.0. The fourth-order valence-electron chi connectivity index (χ4n) is 3.71. The highest BCUT2D eigenvalue weighted by Crippen LogP contribution is 2.44. The maximum absolute atomic E-state index is 5.71. The lowest BCUT2D eigenvalue weighted by atomic mass is 10.0. The zero-order valence-corrected chi connectivity index (χ0v) is 19.0. The molecule has 0 aliphatic carbocycles. The molecule has 1 unspecified atom stereocenters. The van der Waals surface area contributed by atoms with Gasteiger partial charge < -0.3 is 19.5 Å². The monoisotopic (exact) mass is 434 g/mol. The van der Waals surface area contributed by atoms with Crippen LogP contribution in [-0.4, -0.2) is 26.3 Å². The molecule has 0 aliphatic heterocycles. The molecule has 0 amide bonds. The fraction of sp³-hybridized carbons (Fsp3) is 0.240. The van der Waals surface area contributed by atoms with Crippen molar-refractivity contribution in [1.82, 2.24) is 10.3 Å². The van der Waals surface area contributed by atoms with Crippen LogP contribution in [0.4, 0.5) is 0 Å². The fourth-order valence-corrected chi connectivity index (χ4v) is 4.47. The molecule has 0 fully saturated rings. The molecule has 0 aliphatic rings. The van der Waals surface area contributed by atoms with Crippen molar-refractivity contribution in [2.45, 2.75) is 19.5 Å². The van der Waals surface area contributed by atoms with E-state index in [0.717, 1.165) is 27.7 Å². The lowest BCUT2D eigenvalue weighted by Gasteiger charge is -2.18. The van der Waals surface area contributed by atoms with E-state index in [2.05, 4.69) is 48.0 Å². The predicted octanol–water partition coefficient (Wildman–Crippen LogP) is 5.84. The summed E-state index contributed by atoms with van der Waals surface area (Å²) >= 11 is 1.76. The minimum atomic E-state index is 0.242. The second-order valence-corrected chi connectivity index (χ2v) is 8.17. The number of fused-ring (bicyclic) bond motifs is 1. The Morgan fingerprint density at radius 2 is 1.71 bits per heavy atom. The maximum Gasteiger partial charge on any atom is 0.204 e. The molecule has 6 heteroatoms. The van der Waals surface area contributed by atoms with Crippen LogP contribution in [-0.2, 0) is 6.54 Å². The predicted molar refractivity (Wildman–Crippen MR) is 126 cm³/mol. The molecule has 2 aromatic carbocycles. The Bertz CT molecular complexity index is 1160. The van der Waals surface area contributed by atoms with E-state index in [9.17, 15) is 0 Å². The number of benzene rings is 2. The van der Waals surface area contributed by atoms with E-state index in [-0.39, 0.29) is 6.04 Å². The molecule has 0 saturated carbocycles. The Labute approximate surface area is 186 Å². The van der Waals surface area contributed by atoms with Gasteiger partial charge in [-0.25, -0.2) is 4.98 Å². The number of pyridine rings is 1. The highest BCUT2D eigenvalue weighted by atomic mass is 32.1. The summed E-state index contributed by atoms with van der Waals surface area (Å²) in [6, 6.07) is 18.7. The molecule has 2 aromatic heterocycles. The van der Waals surface area contributed by atoms with Gasteiger partial charge in [0.1, 0.15) is 0 Å². The minimum absolute atomic E-state index is 0.242. The van der Waals surface area contributed by atoms with Crippen molar-refractivity contribution in [1.29, 1.82) is 0 Å². The van der Waals surface area contributed by atoms with Gasteiger partial charge in [0.15, 0.2) is 11.5 Å². The van der Waals surface area contributed by atoms with Crippen molar-refractivity contribution in [3.63, 3.8) is 0 Å². The molecular weight excluding hydrogens is 408 g/mol. The molecule has 0 saturated heterocycles. The summed E-state index contributed by atoms with van der Waals surface area (Å²) in [6.07, 6.45) is 0. The van der Waals surface area contributed by atoms with Gasteiger partial charge in [-0.3, -0.25) is 0 Å². The molecule has 160 valence electrons. The van der Waals surface area contributed by atoms with Crippen LogP contribution in [0.5, 0.6) is 17.2 Å².